The summed E-state index contributed by atoms with van der Waals surface area (Å²) in [6.45, 7) is 23.4. The molecule has 0 radical (unpaired) electrons. The van der Waals surface area contributed by atoms with E-state index in [9.17, 15) is 0 Å². The number of fused-ring (bicyclic) bond motifs is 3. The Bertz CT molecular complexity index is 1750. The number of rotatable bonds is 3. The molecule has 2 aliphatic carbocycles. The molecule has 0 amide bonds. The Morgan fingerprint density at radius 2 is 1.20 bits per heavy atom. The van der Waals surface area contributed by atoms with Crippen LogP contribution in [0.1, 0.15) is 109 Å². The predicted octanol–water partition coefficient (Wildman–Crippen LogP) is 5.04. The summed E-state index contributed by atoms with van der Waals surface area (Å²) < 4.78 is 1.42. The van der Waals surface area contributed by atoms with Crippen LogP contribution >= 0.6 is 0 Å². The third-order valence-electron chi connectivity index (χ3n) is 9.34. The summed E-state index contributed by atoms with van der Waals surface area (Å²) in [5.41, 5.74) is 20.5. The molecule has 0 unspecified atom stereocenters. The Labute approximate surface area is 306 Å². The van der Waals surface area contributed by atoms with E-state index in [1.54, 1.807) is 0 Å². The molecular formula is C43H47Cl2Zr-. The number of allylic oxidation sites excluding steroid dienone is 4. The topological polar surface area (TPSA) is 0 Å². The Hall–Kier alpha value is -2.31. The first-order valence-electron chi connectivity index (χ1n) is 16.0. The van der Waals surface area contributed by atoms with Gasteiger partial charge in [-0.05, 0) is 66.7 Å². The van der Waals surface area contributed by atoms with Crippen molar-refractivity contribution in [2.24, 2.45) is 0 Å². The molecule has 0 atom stereocenters. The molecule has 2 aliphatic rings. The van der Waals surface area contributed by atoms with Gasteiger partial charge in [-0.15, -0.1) is 27.8 Å². The maximum absolute atomic E-state index is 3.96. The van der Waals surface area contributed by atoms with E-state index in [2.05, 4.69) is 154 Å². The van der Waals surface area contributed by atoms with E-state index >= 15 is 0 Å². The van der Waals surface area contributed by atoms with Crippen molar-refractivity contribution >= 4 is 8.78 Å². The van der Waals surface area contributed by atoms with Crippen LogP contribution in [0.25, 0.3) is 16.7 Å². The zero-order valence-corrected chi connectivity index (χ0v) is 33.1. The van der Waals surface area contributed by atoms with Crippen molar-refractivity contribution in [2.45, 2.75) is 92.9 Å². The van der Waals surface area contributed by atoms with Crippen LogP contribution in [0, 0.1) is 33.8 Å². The molecule has 0 saturated carbocycles. The van der Waals surface area contributed by atoms with E-state index in [0.717, 1.165) is 12.8 Å². The standard InChI is InChI=1S/C30H37.C13H10.2ClH.Zr/c1-17-18(2)28(30(8,9)10)19(3)23-15-22-16-24(29(5,6)7)25(21-13-11-12-14-21)20(4)26(22)27(17)23;1-3-7-12(8-4-1)11-13-9-5-2-6-10-13;;;/h11-13H,14-15H2,1-10H3;1-10H;2*1H;/q-1;;;;+2/p-2. The van der Waals surface area contributed by atoms with Crippen LogP contribution < -0.4 is 24.8 Å². The van der Waals surface area contributed by atoms with Crippen molar-refractivity contribution in [1.82, 2.24) is 0 Å². The second-order valence-electron chi connectivity index (χ2n) is 14.6. The molecule has 0 nitrogen and oxygen atoms in total. The van der Waals surface area contributed by atoms with Gasteiger partial charge in [-0.1, -0.05) is 83.4 Å². The van der Waals surface area contributed by atoms with E-state index in [0.29, 0.717) is 0 Å². The van der Waals surface area contributed by atoms with Crippen molar-refractivity contribution in [3.8, 4) is 11.1 Å². The van der Waals surface area contributed by atoms with Crippen molar-refractivity contribution in [2.75, 3.05) is 0 Å². The van der Waals surface area contributed by atoms with Gasteiger partial charge in [-0.2, -0.15) is 6.07 Å². The van der Waals surface area contributed by atoms with E-state index in [1.165, 1.54) is 105 Å². The molecule has 0 aliphatic heterocycles. The summed E-state index contributed by atoms with van der Waals surface area (Å²) >= 11 is 1.46. The van der Waals surface area contributed by atoms with Crippen LogP contribution in [0.4, 0.5) is 0 Å². The first-order chi connectivity index (χ1) is 20.7. The summed E-state index contributed by atoms with van der Waals surface area (Å²) in [4.78, 5) is 0. The van der Waals surface area contributed by atoms with Crippen LogP contribution in [0.3, 0.4) is 0 Å². The van der Waals surface area contributed by atoms with Crippen molar-refractivity contribution in [3.63, 3.8) is 0 Å². The molecule has 0 heterocycles. The van der Waals surface area contributed by atoms with Gasteiger partial charge in [-0.25, -0.2) is 0 Å². The van der Waals surface area contributed by atoms with Crippen LogP contribution in [0.2, 0.25) is 0 Å². The number of benzene rings is 4. The molecule has 4 aromatic rings. The molecule has 6 rings (SSSR count). The van der Waals surface area contributed by atoms with Gasteiger partial charge in [0.15, 0.2) is 0 Å². The normalized spacial score (nSPS) is 13.1. The Kier molecular flexibility index (Phi) is 12.3. The van der Waals surface area contributed by atoms with E-state index < -0.39 is 0 Å². The van der Waals surface area contributed by atoms with Gasteiger partial charge in [0, 0.05) is 0 Å². The van der Waals surface area contributed by atoms with Crippen LogP contribution in [0.15, 0.2) is 78.9 Å². The molecule has 238 valence electrons. The van der Waals surface area contributed by atoms with Crippen molar-refractivity contribution in [1.29, 1.82) is 0 Å². The van der Waals surface area contributed by atoms with Gasteiger partial charge >= 0.3 is 99.2 Å². The average molecular weight is 726 g/mol. The SMILES string of the molecule is Cc1c(C2=CC=CC2)c(C(C)(C)C)[c-]c2c1-c1c(C)c(C)c(C(C)(C)C)c(C)c1C2.[Cl-].[Cl-].[Zr+2]=[C](c1ccccc1)c1ccccc1. The fraction of sp³-hybridized carbons (Fsp3) is 0.326. The van der Waals surface area contributed by atoms with Crippen molar-refractivity contribution in [3.05, 3.63) is 146 Å². The minimum absolute atomic E-state index is 0. The molecule has 4 aromatic carbocycles. The van der Waals surface area contributed by atoms with Gasteiger partial charge in [-0.3, -0.25) is 0 Å². The van der Waals surface area contributed by atoms with Gasteiger partial charge in [0.25, 0.3) is 0 Å². The summed E-state index contributed by atoms with van der Waals surface area (Å²) in [6, 6.07) is 25.1. The third kappa shape index (κ3) is 7.38. The third-order valence-corrected chi connectivity index (χ3v) is 10.8. The molecule has 0 fully saturated rings. The Morgan fingerprint density at radius 1 is 0.652 bits per heavy atom. The zero-order valence-electron chi connectivity index (χ0n) is 29.2. The minimum atomic E-state index is 0. The first-order valence-corrected chi connectivity index (χ1v) is 17.2. The molecule has 0 aromatic heterocycles. The molecule has 46 heavy (non-hydrogen) atoms. The summed E-state index contributed by atoms with van der Waals surface area (Å²) in [5, 5.41) is 0. The van der Waals surface area contributed by atoms with E-state index in [-0.39, 0.29) is 35.6 Å². The quantitative estimate of drug-likeness (QED) is 0.229. The van der Waals surface area contributed by atoms with Crippen molar-refractivity contribution < 1.29 is 49.0 Å². The van der Waals surface area contributed by atoms with Gasteiger partial charge in [0.2, 0.25) is 0 Å². The van der Waals surface area contributed by atoms with Gasteiger partial charge < -0.3 is 24.8 Å². The second kappa shape index (κ2) is 14.9. The predicted molar refractivity (Wildman–Crippen MR) is 188 cm³/mol. The molecule has 0 N–H and O–H groups in total. The first kappa shape index (κ1) is 38.1. The molecule has 0 spiro atoms. The van der Waals surface area contributed by atoms with E-state index in [1.807, 2.05) is 0 Å². The number of halogens is 2. The van der Waals surface area contributed by atoms with Crippen LogP contribution in [-0.4, -0.2) is 3.21 Å². The Balaban J connectivity index is 0.000000304. The monoisotopic (exact) mass is 723 g/mol. The maximum atomic E-state index is 3.96. The summed E-state index contributed by atoms with van der Waals surface area (Å²) in [7, 11) is 0. The Morgan fingerprint density at radius 3 is 1.65 bits per heavy atom. The number of hydrogen-bond donors (Lipinski definition) is 0. The number of hydrogen-bond acceptors (Lipinski definition) is 0. The zero-order chi connectivity index (χ0) is 32.0. The molecular weight excluding hydrogens is 679 g/mol. The van der Waals surface area contributed by atoms with Crippen LogP contribution in [0.5, 0.6) is 0 Å². The molecule has 0 saturated heterocycles. The second-order valence-corrected chi connectivity index (χ2v) is 15.8. The fourth-order valence-electron chi connectivity index (χ4n) is 7.34. The molecule has 3 heteroatoms. The summed E-state index contributed by atoms with van der Waals surface area (Å²) in [6.07, 6.45) is 8.83. The van der Waals surface area contributed by atoms with Gasteiger partial charge in [0.05, 0.1) is 0 Å². The molecule has 0 bridgehead atoms. The summed E-state index contributed by atoms with van der Waals surface area (Å²) in [5.74, 6) is 0. The van der Waals surface area contributed by atoms with Crippen LogP contribution in [-0.2, 0) is 41.5 Å². The average Bonchev–Trinajstić information content (AvgIpc) is 3.65. The van der Waals surface area contributed by atoms with E-state index in [4.69, 9.17) is 0 Å². The van der Waals surface area contributed by atoms with Gasteiger partial charge in [0.1, 0.15) is 0 Å². The fourth-order valence-corrected chi connectivity index (χ4v) is 8.16.